The molecule has 3 rings (SSSR count). The van der Waals surface area contributed by atoms with E-state index >= 15 is 0 Å². The molecule has 0 aromatic heterocycles. The van der Waals surface area contributed by atoms with E-state index in [0.717, 1.165) is 24.1 Å². The third-order valence-electron chi connectivity index (χ3n) is 4.32. The Morgan fingerprint density at radius 3 is 2.33 bits per heavy atom. The third-order valence-corrected chi connectivity index (χ3v) is 4.32. The van der Waals surface area contributed by atoms with E-state index in [2.05, 4.69) is 10.2 Å². The van der Waals surface area contributed by atoms with Gasteiger partial charge in [-0.3, -0.25) is 4.79 Å². The zero-order chi connectivity index (χ0) is 14.7. The van der Waals surface area contributed by atoms with Gasteiger partial charge in [-0.25, -0.2) is 0 Å². The first-order valence-corrected chi connectivity index (χ1v) is 8.07. The maximum atomic E-state index is 12.1. The highest BCUT2D eigenvalue weighted by Crippen LogP contribution is 2.33. The molecule has 0 aliphatic heterocycles. The first kappa shape index (κ1) is 14.4. The van der Waals surface area contributed by atoms with E-state index in [1.807, 2.05) is 24.3 Å². The lowest BCUT2D eigenvalue weighted by molar-refractivity contribution is -0.116. The Morgan fingerprint density at radius 2 is 1.76 bits per heavy atom. The van der Waals surface area contributed by atoms with Gasteiger partial charge in [-0.1, -0.05) is 12.1 Å². The predicted octanol–water partition coefficient (Wildman–Crippen LogP) is 2.72. The molecule has 0 heterocycles. The standard InChI is InChI=1S/C17H25N3O/c18-15-3-1-2-4-16(15)19-17(21)9-10-20(11-13-5-6-13)12-14-7-8-14/h1-4,13-14H,5-12,18H2,(H,19,21). The Bertz CT molecular complexity index is 481. The van der Waals surface area contributed by atoms with E-state index in [4.69, 9.17) is 5.73 Å². The second kappa shape index (κ2) is 6.48. The predicted molar refractivity (Wildman–Crippen MR) is 86.0 cm³/mol. The summed E-state index contributed by atoms with van der Waals surface area (Å²) < 4.78 is 0. The number of hydrogen-bond acceptors (Lipinski definition) is 3. The van der Waals surface area contributed by atoms with Crippen LogP contribution in [0.15, 0.2) is 24.3 Å². The second-order valence-electron chi connectivity index (χ2n) is 6.53. The van der Waals surface area contributed by atoms with Crippen molar-refractivity contribution in [3.8, 4) is 0 Å². The Labute approximate surface area is 126 Å². The summed E-state index contributed by atoms with van der Waals surface area (Å²) in [5.74, 6) is 1.83. The average Bonchev–Trinajstić information content (AvgIpc) is 3.35. The number of amides is 1. The molecule has 1 aromatic carbocycles. The van der Waals surface area contributed by atoms with Crippen LogP contribution in [0, 0.1) is 11.8 Å². The monoisotopic (exact) mass is 287 g/mol. The zero-order valence-electron chi connectivity index (χ0n) is 12.6. The van der Waals surface area contributed by atoms with E-state index in [9.17, 15) is 4.79 Å². The minimum Gasteiger partial charge on any atom is -0.397 e. The van der Waals surface area contributed by atoms with Crippen molar-refractivity contribution in [2.75, 3.05) is 30.7 Å². The van der Waals surface area contributed by atoms with Crippen LogP contribution in [-0.2, 0) is 4.79 Å². The van der Waals surface area contributed by atoms with Crippen LogP contribution in [0.3, 0.4) is 0 Å². The van der Waals surface area contributed by atoms with Crippen molar-refractivity contribution in [3.63, 3.8) is 0 Å². The zero-order valence-corrected chi connectivity index (χ0v) is 12.6. The van der Waals surface area contributed by atoms with Gasteiger partial charge in [0.1, 0.15) is 0 Å². The number of anilines is 2. The molecule has 0 radical (unpaired) electrons. The first-order valence-electron chi connectivity index (χ1n) is 8.07. The number of hydrogen-bond donors (Lipinski definition) is 2. The molecule has 114 valence electrons. The average molecular weight is 287 g/mol. The van der Waals surface area contributed by atoms with Gasteiger partial charge in [-0.15, -0.1) is 0 Å². The molecule has 2 aliphatic rings. The molecule has 1 amide bonds. The Hall–Kier alpha value is -1.55. The van der Waals surface area contributed by atoms with E-state index in [1.54, 1.807) is 0 Å². The van der Waals surface area contributed by atoms with Crippen molar-refractivity contribution in [3.05, 3.63) is 24.3 Å². The minimum absolute atomic E-state index is 0.0597. The van der Waals surface area contributed by atoms with E-state index in [1.165, 1.54) is 38.8 Å². The molecule has 0 spiro atoms. The summed E-state index contributed by atoms with van der Waals surface area (Å²) in [4.78, 5) is 14.6. The molecule has 0 unspecified atom stereocenters. The molecular weight excluding hydrogens is 262 g/mol. The fourth-order valence-corrected chi connectivity index (χ4v) is 2.67. The van der Waals surface area contributed by atoms with Crippen molar-refractivity contribution in [2.24, 2.45) is 11.8 Å². The van der Waals surface area contributed by atoms with Gasteiger partial charge in [0.25, 0.3) is 0 Å². The highest BCUT2D eigenvalue weighted by Gasteiger charge is 2.29. The lowest BCUT2D eigenvalue weighted by atomic mass is 10.2. The number of para-hydroxylation sites is 2. The quantitative estimate of drug-likeness (QED) is 0.723. The summed E-state index contributed by atoms with van der Waals surface area (Å²) in [7, 11) is 0. The van der Waals surface area contributed by atoms with Gasteiger partial charge in [0.15, 0.2) is 0 Å². The number of nitrogens with zero attached hydrogens (tertiary/aromatic N) is 1. The smallest absolute Gasteiger partial charge is 0.225 e. The van der Waals surface area contributed by atoms with Crippen molar-refractivity contribution in [2.45, 2.75) is 32.1 Å². The van der Waals surface area contributed by atoms with Gasteiger partial charge < -0.3 is 16.0 Å². The molecule has 0 bridgehead atoms. The van der Waals surface area contributed by atoms with Gasteiger partial charge in [0.05, 0.1) is 11.4 Å². The highest BCUT2D eigenvalue weighted by atomic mass is 16.1. The number of nitrogens with two attached hydrogens (primary N) is 1. The van der Waals surface area contributed by atoms with Gasteiger partial charge in [-0.05, 0) is 49.7 Å². The molecule has 3 N–H and O–H groups in total. The molecule has 4 nitrogen and oxygen atoms in total. The molecule has 0 saturated heterocycles. The maximum Gasteiger partial charge on any atom is 0.225 e. The van der Waals surface area contributed by atoms with Crippen LogP contribution in [0.5, 0.6) is 0 Å². The molecule has 2 fully saturated rings. The van der Waals surface area contributed by atoms with Crippen LogP contribution >= 0.6 is 0 Å². The lowest BCUT2D eigenvalue weighted by Gasteiger charge is -2.21. The van der Waals surface area contributed by atoms with E-state index in [0.29, 0.717) is 12.1 Å². The summed E-state index contributed by atoms with van der Waals surface area (Å²) in [6.45, 7) is 3.22. The second-order valence-corrected chi connectivity index (χ2v) is 6.53. The molecule has 1 aromatic rings. The highest BCUT2D eigenvalue weighted by molar-refractivity contribution is 5.93. The van der Waals surface area contributed by atoms with Gasteiger partial charge >= 0.3 is 0 Å². The Morgan fingerprint density at radius 1 is 1.14 bits per heavy atom. The van der Waals surface area contributed by atoms with E-state index < -0.39 is 0 Å². The lowest BCUT2D eigenvalue weighted by Crippen LogP contribution is -2.31. The molecular formula is C17H25N3O. The van der Waals surface area contributed by atoms with Crippen molar-refractivity contribution in [1.82, 2.24) is 4.90 Å². The normalized spacial score (nSPS) is 18.0. The van der Waals surface area contributed by atoms with E-state index in [-0.39, 0.29) is 5.91 Å². The summed E-state index contributed by atoms with van der Waals surface area (Å²) in [5.41, 5.74) is 7.19. The third kappa shape index (κ3) is 4.74. The Kier molecular flexibility index (Phi) is 4.44. The number of nitrogens with one attached hydrogen (secondary N) is 1. The van der Waals surface area contributed by atoms with Crippen molar-refractivity contribution in [1.29, 1.82) is 0 Å². The number of rotatable bonds is 8. The molecule has 0 atom stereocenters. The summed E-state index contributed by atoms with van der Waals surface area (Å²) >= 11 is 0. The first-order chi connectivity index (χ1) is 10.2. The fourth-order valence-electron chi connectivity index (χ4n) is 2.67. The van der Waals surface area contributed by atoms with Crippen molar-refractivity contribution >= 4 is 17.3 Å². The molecule has 21 heavy (non-hydrogen) atoms. The minimum atomic E-state index is 0.0597. The van der Waals surface area contributed by atoms with Gasteiger partial charge in [0, 0.05) is 26.1 Å². The van der Waals surface area contributed by atoms with Gasteiger partial charge in [0.2, 0.25) is 5.91 Å². The van der Waals surface area contributed by atoms with Crippen LogP contribution in [0.1, 0.15) is 32.1 Å². The maximum absolute atomic E-state index is 12.1. The topological polar surface area (TPSA) is 58.4 Å². The summed E-state index contributed by atoms with van der Waals surface area (Å²) in [6.07, 6.45) is 6.03. The molecule has 4 heteroatoms. The SMILES string of the molecule is Nc1ccccc1NC(=O)CCN(CC1CC1)CC1CC1. The van der Waals surface area contributed by atoms with Crippen LogP contribution in [0.2, 0.25) is 0 Å². The van der Waals surface area contributed by atoms with Crippen LogP contribution < -0.4 is 11.1 Å². The number of carbonyl (C=O) groups excluding carboxylic acids is 1. The van der Waals surface area contributed by atoms with Gasteiger partial charge in [-0.2, -0.15) is 0 Å². The summed E-state index contributed by atoms with van der Waals surface area (Å²) in [5, 5.41) is 2.91. The molecule has 2 saturated carbocycles. The summed E-state index contributed by atoms with van der Waals surface area (Å²) in [6, 6.07) is 7.41. The Balaban J connectivity index is 1.45. The van der Waals surface area contributed by atoms with Crippen LogP contribution in [0.4, 0.5) is 11.4 Å². The number of carbonyl (C=O) groups is 1. The molecule has 2 aliphatic carbocycles. The number of benzene rings is 1. The van der Waals surface area contributed by atoms with Crippen LogP contribution in [-0.4, -0.2) is 30.4 Å². The van der Waals surface area contributed by atoms with Crippen LogP contribution in [0.25, 0.3) is 0 Å². The largest absolute Gasteiger partial charge is 0.397 e. The fraction of sp³-hybridized carbons (Fsp3) is 0.588. The van der Waals surface area contributed by atoms with Crippen molar-refractivity contribution < 1.29 is 4.79 Å². The number of nitrogen functional groups attached to an aromatic ring is 1.